The third-order valence-electron chi connectivity index (χ3n) is 3.52. The second-order valence-electron chi connectivity index (χ2n) is 5.31. The number of fused-ring (bicyclic) bond motifs is 1. The number of carbonyl (C=O) groups excluding carboxylic acids is 1. The van der Waals surface area contributed by atoms with Crippen LogP contribution in [0.25, 0.3) is 5.65 Å². The lowest BCUT2D eigenvalue weighted by Crippen LogP contribution is -2.14. The van der Waals surface area contributed by atoms with Gasteiger partial charge in [-0.1, -0.05) is 17.8 Å². The molecule has 2 heterocycles. The first-order valence-electron chi connectivity index (χ1n) is 7.13. The second-order valence-corrected chi connectivity index (χ2v) is 6.25. The molecular formula is C16H17N5OS. The van der Waals surface area contributed by atoms with E-state index in [0.717, 1.165) is 11.3 Å². The van der Waals surface area contributed by atoms with E-state index in [0.29, 0.717) is 16.5 Å². The number of aromatic nitrogens is 3. The number of rotatable bonds is 4. The minimum atomic E-state index is -0.0843. The number of carbonyl (C=O) groups is 1. The van der Waals surface area contributed by atoms with Gasteiger partial charge in [-0.2, -0.15) is 0 Å². The van der Waals surface area contributed by atoms with Crippen molar-refractivity contribution in [1.82, 2.24) is 14.6 Å². The van der Waals surface area contributed by atoms with Crippen LogP contribution in [0.15, 0.2) is 41.7 Å². The zero-order chi connectivity index (χ0) is 16.4. The van der Waals surface area contributed by atoms with E-state index in [1.807, 2.05) is 32.0 Å². The molecule has 3 N–H and O–H groups in total. The molecule has 0 aliphatic rings. The van der Waals surface area contributed by atoms with Crippen molar-refractivity contribution in [2.24, 2.45) is 0 Å². The molecule has 2 aromatic heterocycles. The van der Waals surface area contributed by atoms with Gasteiger partial charge in [0.1, 0.15) is 0 Å². The Labute approximate surface area is 138 Å². The number of hydrogen-bond acceptors (Lipinski definition) is 5. The highest BCUT2D eigenvalue weighted by atomic mass is 32.2. The van der Waals surface area contributed by atoms with E-state index in [4.69, 9.17) is 5.73 Å². The number of amides is 1. The molecular weight excluding hydrogens is 310 g/mol. The summed E-state index contributed by atoms with van der Waals surface area (Å²) in [5.74, 6) is 0.168. The molecule has 0 saturated heterocycles. The van der Waals surface area contributed by atoms with E-state index in [9.17, 15) is 4.79 Å². The summed E-state index contributed by atoms with van der Waals surface area (Å²) in [6.45, 7) is 4.06. The number of pyridine rings is 1. The SMILES string of the molecule is Cc1ccc(NC(=O)CSc2nnc3ccc(N)cn23)cc1C. The first kappa shape index (κ1) is 15.4. The van der Waals surface area contributed by atoms with E-state index < -0.39 is 0 Å². The molecule has 3 rings (SSSR count). The molecule has 6 nitrogen and oxygen atoms in total. The molecule has 0 atom stereocenters. The van der Waals surface area contributed by atoms with Crippen molar-refractivity contribution >= 4 is 34.7 Å². The van der Waals surface area contributed by atoms with Gasteiger partial charge in [-0.15, -0.1) is 10.2 Å². The van der Waals surface area contributed by atoms with Gasteiger partial charge in [0.05, 0.1) is 5.75 Å². The van der Waals surface area contributed by atoms with Gasteiger partial charge < -0.3 is 11.1 Å². The van der Waals surface area contributed by atoms with E-state index in [2.05, 4.69) is 15.5 Å². The first-order valence-corrected chi connectivity index (χ1v) is 8.11. The predicted octanol–water partition coefficient (Wildman–Crippen LogP) is 2.66. The molecule has 1 aromatic carbocycles. The van der Waals surface area contributed by atoms with Crippen LogP contribution in [-0.4, -0.2) is 26.3 Å². The third kappa shape index (κ3) is 3.45. The predicted molar refractivity (Wildman–Crippen MR) is 92.7 cm³/mol. The summed E-state index contributed by atoms with van der Waals surface area (Å²) in [6, 6.07) is 9.42. The van der Waals surface area contributed by atoms with Crippen LogP contribution in [0.5, 0.6) is 0 Å². The molecule has 118 valence electrons. The van der Waals surface area contributed by atoms with Crippen LogP contribution in [0.3, 0.4) is 0 Å². The van der Waals surface area contributed by atoms with Crippen molar-refractivity contribution in [3.8, 4) is 0 Å². The molecule has 0 fully saturated rings. The summed E-state index contributed by atoms with van der Waals surface area (Å²) in [5, 5.41) is 11.7. The second kappa shape index (κ2) is 6.29. The number of aryl methyl sites for hydroxylation is 2. The maximum atomic E-state index is 12.1. The standard InChI is InChI=1S/C16H17N5OS/c1-10-3-5-13(7-11(10)2)18-15(22)9-23-16-20-19-14-6-4-12(17)8-21(14)16/h3-8H,9,17H2,1-2H3,(H,18,22). The highest BCUT2D eigenvalue weighted by Crippen LogP contribution is 2.19. The van der Waals surface area contributed by atoms with E-state index >= 15 is 0 Å². The Morgan fingerprint density at radius 1 is 1.22 bits per heavy atom. The largest absolute Gasteiger partial charge is 0.398 e. The zero-order valence-electron chi connectivity index (χ0n) is 12.9. The Morgan fingerprint density at radius 2 is 2.04 bits per heavy atom. The number of anilines is 2. The number of benzene rings is 1. The summed E-state index contributed by atoms with van der Waals surface area (Å²) >= 11 is 1.32. The van der Waals surface area contributed by atoms with Crippen LogP contribution in [0.2, 0.25) is 0 Å². The third-order valence-corrected chi connectivity index (χ3v) is 4.46. The summed E-state index contributed by atoms with van der Waals surface area (Å²) in [6.07, 6.45) is 1.75. The highest BCUT2D eigenvalue weighted by Gasteiger charge is 2.10. The fourth-order valence-electron chi connectivity index (χ4n) is 2.13. The average Bonchev–Trinajstić information content (AvgIpc) is 2.91. The Bertz CT molecular complexity index is 874. The average molecular weight is 327 g/mol. The van der Waals surface area contributed by atoms with Crippen LogP contribution in [0, 0.1) is 13.8 Å². The van der Waals surface area contributed by atoms with Crippen LogP contribution in [-0.2, 0) is 4.79 Å². The molecule has 0 bridgehead atoms. The fourth-order valence-corrected chi connectivity index (χ4v) is 2.85. The Balaban J connectivity index is 1.66. The summed E-state index contributed by atoms with van der Waals surface area (Å²) in [5.41, 5.74) is 10.2. The van der Waals surface area contributed by atoms with Crippen LogP contribution in [0.1, 0.15) is 11.1 Å². The first-order chi connectivity index (χ1) is 11.0. The lowest BCUT2D eigenvalue weighted by Gasteiger charge is -2.07. The molecule has 23 heavy (non-hydrogen) atoms. The normalized spacial score (nSPS) is 10.9. The van der Waals surface area contributed by atoms with Crippen LogP contribution < -0.4 is 11.1 Å². The van der Waals surface area contributed by atoms with Crippen molar-refractivity contribution in [2.45, 2.75) is 19.0 Å². The van der Waals surface area contributed by atoms with Gasteiger partial charge in [0.15, 0.2) is 10.8 Å². The lowest BCUT2D eigenvalue weighted by atomic mass is 10.1. The van der Waals surface area contributed by atoms with Gasteiger partial charge in [-0.05, 0) is 49.2 Å². The molecule has 0 aliphatic heterocycles. The van der Waals surface area contributed by atoms with Crippen molar-refractivity contribution in [3.63, 3.8) is 0 Å². The smallest absolute Gasteiger partial charge is 0.234 e. The Kier molecular flexibility index (Phi) is 4.20. The minimum Gasteiger partial charge on any atom is -0.398 e. The number of nitrogen functional groups attached to an aromatic ring is 1. The van der Waals surface area contributed by atoms with Crippen molar-refractivity contribution in [1.29, 1.82) is 0 Å². The molecule has 7 heteroatoms. The molecule has 3 aromatic rings. The minimum absolute atomic E-state index is 0.0843. The number of hydrogen-bond donors (Lipinski definition) is 2. The van der Waals surface area contributed by atoms with Gasteiger partial charge >= 0.3 is 0 Å². The lowest BCUT2D eigenvalue weighted by molar-refractivity contribution is -0.113. The molecule has 0 spiro atoms. The number of nitrogens with one attached hydrogen (secondary N) is 1. The summed E-state index contributed by atoms with van der Waals surface area (Å²) < 4.78 is 1.78. The number of thioether (sulfide) groups is 1. The number of nitrogens with zero attached hydrogens (tertiary/aromatic N) is 3. The van der Waals surface area contributed by atoms with Gasteiger partial charge in [0.2, 0.25) is 5.91 Å². The van der Waals surface area contributed by atoms with E-state index in [1.165, 1.54) is 17.3 Å². The quantitative estimate of drug-likeness (QED) is 0.720. The molecule has 0 saturated carbocycles. The Hall–Kier alpha value is -2.54. The van der Waals surface area contributed by atoms with E-state index in [-0.39, 0.29) is 11.7 Å². The molecule has 1 amide bonds. The van der Waals surface area contributed by atoms with Gasteiger partial charge in [0, 0.05) is 17.6 Å². The van der Waals surface area contributed by atoms with Crippen LogP contribution >= 0.6 is 11.8 Å². The topological polar surface area (TPSA) is 85.3 Å². The van der Waals surface area contributed by atoms with Gasteiger partial charge in [0.25, 0.3) is 0 Å². The molecule has 0 radical (unpaired) electrons. The van der Waals surface area contributed by atoms with Gasteiger partial charge in [-0.3, -0.25) is 9.20 Å². The Morgan fingerprint density at radius 3 is 2.83 bits per heavy atom. The summed E-state index contributed by atoms with van der Waals surface area (Å²) in [7, 11) is 0. The maximum Gasteiger partial charge on any atom is 0.234 e. The zero-order valence-corrected chi connectivity index (χ0v) is 13.7. The molecule has 0 aliphatic carbocycles. The van der Waals surface area contributed by atoms with E-state index in [1.54, 1.807) is 22.7 Å². The van der Waals surface area contributed by atoms with Gasteiger partial charge in [-0.25, -0.2) is 0 Å². The van der Waals surface area contributed by atoms with Crippen molar-refractivity contribution < 1.29 is 4.79 Å². The number of nitrogens with two attached hydrogens (primary N) is 1. The highest BCUT2D eigenvalue weighted by molar-refractivity contribution is 7.99. The van der Waals surface area contributed by atoms with Crippen molar-refractivity contribution in [3.05, 3.63) is 47.7 Å². The van der Waals surface area contributed by atoms with Crippen LogP contribution in [0.4, 0.5) is 11.4 Å². The fraction of sp³-hybridized carbons (Fsp3) is 0.188. The summed E-state index contributed by atoms with van der Waals surface area (Å²) in [4.78, 5) is 12.1. The molecule has 0 unspecified atom stereocenters. The maximum absolute atomic E-state index is 12.1. The van der Waals surface area contributed by atoms with Crippen molar-refractivity contribution in [2.75, 3.05) is 16.8 Å². The monoisotopic (exact) mass is 327 g/mol.